The summed E-state index contributed by atoms with van der Waals surface area (Å²) in [5.74, 6) is -0.861. The minimum absolute atomic E-state index is 0.256. The van der Waals surface area contributed by atoms with Crippen LogP contribution in [0.25, 0.3) is 0 Å². The molecule has 23 heavy (non-hydrogen) atoms. The molecule has 0 spiro atoms. The molecule has 1 aromatic carbocycles. The Morgan fingerprint density at radius 3 is 2.22 bits per heavy atom. The molecule has 130 valence electrons. The van der Waals surface area contributed by atoms with Crippen LogP contribution in [0.3, 0.4) is 0 Å². The summed E-state index contributed by atoms with van der Waals surface area (Å²) in [6, 6.07) is 3.74. The molecule has 0 atom stereocenters. The van der Waals surface area contributed by atoms with E-state index >= 15 is 0 Å². The number of benzene rings is 1. The smallest absolute Gasteiger partial charge is 0.416 e. The Morgan fingerprint density at radius 1 is 1.22 bits per heavy atom. The molecule has 0 aromatic heterocycles. The predicted molar refractivity (Wildman–Crippen MR) is 79.5 cm³/mol. The molecule has 0 heterocycles. The summed E-state index contributed by atoms with van der Waals surface area (Å²) in [5, 5.41) is 0. The number of esters is 1. The van der Waals surface area contributed by atoms with Gasteiger partial charge in [-0.1, -0.05) is 6.07 Å². The maximum atomic E-state index is 12.8. The van der Waals surface area contributed by atoms with Crippen LogP contribution in [0.5, 0.6) is 0 Å². The van der Waals surface area contributed by atoms with E-state index in [1.807, 2.05) is 0 Å². The van der Waals surface area contributed by atoms with E-state index in [1.54, 1.807) is 20.8 Å². The zero-order valence-electron chi connectivity index (χ0n) is 13.1. The van der Waals surface area contributed by atoms with Crippen LogP contribution in [-0.4, -0.2) is 32.8 Å². The Balaban J connectivity index is 3.17. The number of carbonyl (C=O) groups is 1. The van der Waals surface area contributed by atoms with E-state index in [4.69, 9.17) is 4.74 Å². The van der Waals surface area contributed by atoms with Crippen molar-refractivity contribution in [2.45, 2.75) is 32.5 Å². The average molecular weight is 353 g/mol. The van der Waals surface area contributed by atoms with Gasteiger partial charge in [-0.2, -0.15) is 13.2 Å². The number of hydrogen-bond donors (Lipinski definition) is 0. The molecule has 9 heteroatoms. The van der Waals surface area contributed by atoms with Crippen molar-refractivity contribution < 1.29 is 31.1 Å². The summed E-state index contributed by atoms with van der Waals surface area (Å²) >= 11 is 0. The first-order valence-electron chi connectivity index (χ1n) is 6.57. The minimum atomic E-state index is -4.62. The molecule has 1 aromatic rings. The standard InChI is InChI=1S/C14H18F3NO4S/c1-13(2,3)22-12(19)9-18(23(4,20)21)11-7-5-6-10(8-11)14(15,16)17/h5-8H,9H2,1-4H3. The Morgan fingerprint density at radius 2 is 1.78 bits per heavy atom. The van der Waals surface area contributed by atoms with Gasteiger partial charge in [0.1, 0.15) is 12.1 Å². The average Bonchev–Trinajstić information content (AvgIpc) is 2.31. The van der Waals surface area contributed by atoms with Crippen LogP contribution < -0.4 is 4.31 Å². The number of hydrogen-bond acceptors (Lipinski definition) is 4. The van der Waals surface area contributed by atoms with E-state index in [9.17, 15) is 26.4 Å². The molecule has 0 radical (unpaired) electrons. The van der Waals surface area contributed by atoms with Gasteiger partial charge in [-0.15, -0.1) is 0 Å². The summed E-state index contributed by atoms with van der Waals surface area (Å²) in [5.41, 5.74) is -2.10. The zero-order valence-corrected chi connectivity index (χ0v) is 14.0. The molecule has 0 fully saturated rings. The summed E-state index contributed by atoms with van der Waals surface area (Å²) in [6.45, 7) is 4.08. The van der Waals surface area contributed by atoms with E-state index < -0.39 is 39.9 Å². The fourth-order valence-electron chi connectivity index (χ4n) is 1.73. The van der Waals surface area contributed by atoms with Crippen molar-refractivity contribution in [3.8, 4) is 0 Å². The van der Waals surface area contributed by atoms with Gasteiger partial charge in [0.15, 0.2) is 0 Å². The normalized spacial score (nSPS) is 12.8. The lowest BCUT2D eigenvalue weighted by Crippen LogP contribution is -2.38. The van der Waals surface area contributed by atoms with Gasteiger partial charge in [0.05, 0.1) is 17.5 Å². The van der Waals surface area contributed by atoms with Crippen molar-refractivity contribution in [1.29, 1.82) is 0 Å². The number of nitrogens with zero attached hydrogens (tertiary/aromatic N) is 1. The highest BCUT2D eigenvalue weighted by Crippen LogP contribution is 2.32. The third kappa shape index (κ3) is 6.09. The van der Waals surface area contributed by atoms with E-state index in [0.29, 0.717) is 10.4 Å². The SMILES string of the molecule is CC(C)(C)OC(=O)CN(c1cccc(C(F)(F)F)c1)S(C)(=O)=O. The lowest BCUT2D eigenvalue weighted by atomic mass is 10.2. The van der Waals surface area contributed by atoms with Gasteiger partial charge in [0.25, 0.3) is 0 Å². The molecule has 0 aliphatic carbocycles. The van der Waals surface area contributed by atoms with Crippen LogP contribution in [0.2, 0.25) is 0 Å². The van der Waals surface area contributed by atoms with Gasteiger partial charge in [0, 0.05) is 0 Å². The first-order valence-corrected chi connectivity index (χ1v) is 8.42. The summed E-state index contributed by atoms with van der Waals surface area (Å²) in [7, 11) is -3.97. The van der Waals surface area contributed by atoms with E-state index in [2.05, 4.69) is 0 Å². The summed E-state index contributed by atoms with van der Waals surface area (Å²) in [4.78, 5) is 11.8. The number of sulfonamides is 1. The van der Waals surface area contributed by atoms with Gasteiger partial charge in [0.2, 0.25) is 10.0 Å². The highest BCUT2D eigenvalue weighted by molar-refractivity contribution is 7.92. The van der Waals surface area contributed by atoms with Gasteiger partial charge in [-0.05, 0) is 39.0 Å². The fraction of sp³-hybridized carbons (Fsp3) is 0.500. The number of alkyl halides is 3. The quantitative estimate of drug-likeness (QED) is 0.781. The first-order chi connectivity index (χ1) is 10.2. The number of ether oxygens (including phenoxy) is 1. The Kier molecular flexibility index (Phi) is 5.35. The minimum Gasteiger partial charge on any atom is -0.459 e. The van der Waals surface area contributed by atoms with Gasteiger partial charge < -0.3 is 4.74 Å². The van der Waals surface area contributed by atoms with Crippen LogP contribution in [-0.2, 0) is 25.7 Å². The third-order valence-electron chi connectivity index (χ3n) is 2.55. The number of anilines is 1. The van der Waals surface area contributed by atoms with Crippen molar-refractivity contribution in [1.82, 2.24) is 0 Å². The fourth-order valence-corrected chi connectivity index (χ4v) is 2.56. The van der Waals surface area contributed by atoms with Crippen molar-refractivity contribution in [2.75, 3.05) is 17.1 Å². The molecule has 0 saturated carbocycles. The molecular formula is C14H18F3NO4S. The van der Waals surface area contributed by atoms with Crippen LogP contribution >= 0.6 is 0 Å². The first kappa shape index (κ1) is 19.3. The van der Waals surface area contributed by atoms with Crippen LogP contribution in [0.1, 0.15) is 26.3 Å². The maximum Gasteiger partial charge on any atom is 0.416 e. The molecule has 0 unspecified atom stereocenters. The van der Waals surface area contributed by atoms with Crippen molar-refractivity contribution in [3.05, 3.63) is 29.8 Å². The molecule has 1 rings (SSSR count). The molecular weight excluding hydrogens is 335 g/mol. The molecule has 5 nitrogen and oxygen atoms in total. The second-order valence-electron chi connectivity index (χ2n) is 5.90. The number of carbonyl (C=O) groups excluding carboxylic acids is 1. The van der Waals surface area contributed by atoms with Crippen molar-refractivity contribution >= 4 is 21.7 Å². The monoisotopic (exact) mass is 353 g/mol. The Bertz CT molecular complexity index is 678. The molecule has 0 aliphatic heterocycles. The van der Waals surface area contributed by atoms with E-state index in [0.717, 1.165) is 18.4 Å². The molecule has 0 N–H and O–H groups in total. The van der Waals surface area contributed by atoms with Crippen LogP contribution in [0.15, 0.2) is 24.3 Å². The predicted octanol–water partition coefficient (Wildman–Crippen LogP) is 2.81. The lowest BCUT2D eigenvalue weighted by Gasteiger charge is -2.25. The number of halogens is 3. The lowest BCUT2D eigenvalue weighted by molar-refractivity contribution is -0.152. The number of rotatable bonds is 4. The van der Waals surface area contributed by atoms with E-state index in [-0.39, 0.29) is 5.69 Å². The topological polar surface area (TPSA) is 63.7 Å². The summed E-state index contributed by atoms with van der Waals surface area (Å²) < 4.78 is 67.5. The third-order valence-corrected chi connectivity index (χ3v) is 3.70. The van der Waals surface area contributed by atoms with Crippen molar-refractivity contribution in [3.63, 3.8) is 0 Å². The highest BCUT2D eigenvalue weighted by atomic mass is 32.2. The van der Waals surface area contributed by atoms with Crippen LogP contribution in [0.4, 0.5) is 18.9 Å². The second-order valence-corrected chi connectivity index (χ2v) is 7.81. The highest BCUT2D eigenvalue weighted by Gasteiger charge is 2.32. The molecule has 0 saturated heterocycles. The van der Waals surface area contributed by atoms with E-state index in [1.165, 1.54) is 6.07 Å². The largest absolute Gasteiger partial charge is 0.459 e. The molecule has 0 amide bonds. The molecule has 0 bridgehead atoms. The van der Waals surface area contributed by atoms with Crippen molar-refractivity contribution in [2.24, 2.45) is 0 Å². The second kappa shape index (κ2) is 6.38. The summed E-state index contributed by atoms with van der Waals surface area (Å²) in [6.07, 6.45) is -3.82. The Labute approximate surface area is 133 Å². The van der Waals surface area contributed by atoms with Gasteiger partial charge in [-0.25, -0.2) is 8.42 Å². The van der Waals surface area contributed by atoms with Gasteiger partial charge in [-0.3, -0.25) is 9.10 Å². The zero-order chi connectivity index (χ0) is 18.1. The Hall–Kier alpha value is -1.77. The van der Waals surface area contributed by atoms with Crippen LogP contribution in [0, 0.1) is 0 Å². The van der Waals surface area contributed by atoms with Gasteiger partial charge >= 0.3 is 12.1 Å². The molecule has 0 aliphatic rings. The maximum absolute atomic E-state index is 12.8.